The zero-order valence-corrected chi connectivity index (χ0v) is 22.0. The van der Waals surface area contributed by atoms with Crippen LogP contribution in [0.5, 0.6) is 0 Å². The van der Waals surface area contributed by atoms with Crippen molar-refractivity contribution < 1.29 is 0 Å². The van der Waals surface area contributed by atoms with Crippen molar-refractivity contribution in [3.05, 3.63) is 49.1 Å². The average Bonchev–Trinajstić information content (AvgIpc) is 2.81. The van der Waals surface area contributed by atoms with E-state index in [4.69, 9.17) is 0 Å². The molecular formula is C32H58. The maximum absolute atomic E-state index is 3.66. The lowest BCUT2D eigenvalue weighted by molar-refractivity contribution is 0.519. The fraction of sp³-hybridized carbons (Fsp3) is 0.750. The molecule has 0 nitrogen and oxygen atoms in total. The van der Waals surface area contributed by atoms with Crippen LogP contribution in [-0.2, 0) is 0 Å². The lowest BCUT2D eigenvalue weighted by Gasteiger charge is -2.04. The Morgan fingerprint density at radius 3 is 1.06 bits per heavy atom. The fourth-order valence-electron chi connectivity index (χ4n) is 4.32. The van der Waals surface area contributed by atoms with Gasteiger partial charge in [-0.3, -0.25) is 0 Å². The van der Waals surface area contributed by atoms with Gasteiger partial charge in [0.15, 0.2) is 0 Å². The summed E-state index contributed by atoms with van der Waals surface area (Å²) in [6.07, 6.45) is 47.5. The quantitative estimate of drug-likeness (QED) is 0.0922. The highest BCUT2D eigenvalue weighted by Crippen LogP contribution is 2.15. The number of rotatable bonds is 26. The molecule has 0 aromatic heterocycles. The van der Waals surface area contributed by atoms with E-state index in [1.165, 1.54) is 148 Å². The molecule has 0 aromatic rings. The molecule has 0 aliphatic carbocycles. The van der Waals surface area contributed by atoms with Crippen molar-refractivity contribution in [1.29, 1.82) is 0 Å². The normalized spacial score (nSPS) is 12.0. The van der Waals surface area contributed by atoms with Gasteiger partial charge >= 0.3 is 0 Å². The zero-order chi connectivity index (χ0) is 23.2. The maximum atomic E-state index is 3.66. The molecule has 0 saturated carbocycles. The smallest absolute Gasteiger partial charge is 0.0348 e. The number of hydrogen-bond acceptors (Lipinski definition) is 0. The Morgan fingerprint density at radius 1 is 0.375 bits per heavy atom. The van der Waals surface area contributed by atoms with Crippen LogP contribution < -0.4 is 0 Å². The molecule has 0 amide bonds. The highest BCUT2D eigenvalue weighted by Gasteiger charge is 1.95. The van der Waals surface area contributed by atoms with Crippen LogP contribution in [0.25, 0.3) is 0 Å². The van der Waals surface area contributed by atoms with Gasteiger partial charge in [0, 0.05) is 0 Å². The van der Waals surface area contributed by atoms with Crippen LogP contribution in [-0.4, -0.2) is 0 Å². The van der Waals surface area contributed by atoms with E-state index in [-0.39, 0.29) is 0 Å². The Bertz CT molecular complexity index is 425. The molecule has 0 N–H and O–H groups in total. The molecule has 0 radical (unpaired) electrons. The second-order valence-corrected chi connectivity index (χ2v) is 9.65. The summed E-state index contributed by atoms with van der Waals surface area (Å²) in [7, 11) is 0. The van der Waals surface area contributed by atoms with Gasteiger partial charge in [-0.2, -0.15) is 0 Å². The summed E-state index contributed by atoms with van der Waals surface area (Å²) in [4.78, 5) is 0. The van der Waals surface area contributed by atoms with E-state index in [0.29, 0.717) is 0 Å². The van der Waals surface area contributed by atoms with E-state index in [9.17, 15) is 0 Å². The average molecular weight is 443 g/mol. The molecule has 0 spiro atoms. The second kappa shape index (κ2) is 30.0. The van der Waals surface area contributed by atoms with Crippen LogP contribution in [0.15, 0.2) is 49.1 Å². The maximum Gasteiger partial charge on any atom is -0.0348 e. The second-order valence-electron chi connectivity index (χ2n) is 9.65. The highest BCUT2D eigenvalue weighted by atomic mass is 14.0. The molecule has 0 heteroatoms. The first kappa shape index (κ1) is 31.0. The molecule has 0 atom stereocenters. The molecule has 0 bridgehead atoms. The van der Waals surface area contributed by atoms with E-state index >= 15 is 0 Å². The molecule has 32 heavy (non-hydrogen) atoms. The Balaban J connectivity index is 3.09. The van der Waals surface area contributed by atoms with Gasteiger partial charge in [0.1, 0.15) is 0 Å². The number of unbranched alkanes of at least 4 members (excludes halogenated alkanes) is 22. The Morgan fingerprint density at radius 2 is 0.688 bits per heavy atom. The van der Waals surface area contributed by atoms with Crippen LogP contribution in [0, 0.1) is 0 Å². The fourth-order valence-corrected chi connectivity index (χ4v) is 4.32. The predicted octanol–water partition coefficient (Wildman–Crippen LogP) is 11.8. The minimum atomic E-state index is 1.22. The third kappa shape index (κ3) is 29.0. The summed E-state index contributed by atoms with van der Waals surface area (Å²) >= 11 is 0. The van der Waals surface area contributed by atoms with Gasteiger partial charge in [-0.05, 0) is 12.8 Å². The van der Waals surface area contributed by atoms with Crippen LogP contribution in [0.2, 0.25) is 0 Å². The van der Waals surface area contributed by atoms with Gasteiger partial charge in [-0.1, -0.05) is 191 Å². The van der Waals surface area contributed by atoms with Crippen molar-refractivity contribution in [2.75, 3.05) is 0 Å². The standard InChI is InChI=1S/C32H58/c1-3-5-7-9-11-13-15-17-19-21-23-25-27-29-31-32-30-28-26-24-22-20-18-16-14-12-10-8-6-4-2/h3,5,7,9,11,13,15H,1,4,6,8,10,12,14,16-32H2,2H3. The summed E-state index contributed by atoms with van der Waals surface area (Å²) in [6.45, 7) is 5.96. The molecule has 186 valence electrons. The van der Waals surface area contributed by atoms with Crippen molar-refractivity contribution in [3.63, 3.8) is 0 Å². The van der Waals surface area contributed by atoms with E-state index in [1.54, 1.807) is 6.08 Å². The number of hydrogen-bond donors (Lipinski definition) is 0. The van der Waals surface area contributed by atoms with E-state index < -0.39 is 0 Å². The number of allylic oxidation sites excluding steroid dienone is 7. The highest BCUT2D eigenvalue weighted by molar-refractivity contribution is 5.14. The summed E-state index contributed by atoms with van der Waals surface area (Å²) in [5.74, 6) is 0. The van der Waals surface area contributed by atoms with Crippen molar-refractivity contribution in [2.24, 2.45) is 0 Å². The summed E-state index contributed by atoms with van der Waals surface area (Å²) in [5, 5.41) is 0. The van der Waals surface area contributed by atoms with Gasteiger partial charge in [-0.15, -0.1) is 0 Å². The summed E-state index contributed by atoms with van der Waals surface area (Å²) < 4.78 is 0. The molecule has 0 unspecified atom stereocenters. The molecule has 0 aliphatic heterocycles. The largest absolute Gasteiger partial charge is 0.0991 e. The SMILES string of the molecule is C=CC=CC=CC=CCCCCCCCCCCCCCCCCCCCCCCCC. The molecule has 0 saturated heterocycles. The van der Waals surface area contributed by atoms with E-state index in [1.807, 2.05) is 12.2 Å². The minimum Gasteiger partial charge on any atom is -0.0991 e. The van der Waals surface area contributed by atoms with Crippen LogP contribution in [0.4, 0.5) is 0 Å². The van der Waals surface area contributed by atoms with Crippen molar-refractivity contribution in [1.82, 2.24) is 0 Å². The molecule has 0 aliphatic rings. The van der Waals surface area contributed by atoms with Crippen molar-refractivity contribution >= 4 is 0 Å². The van der Waals surface area contributed by atoms with Gasteiger partial charge in [0.25, 0.3) is 0 Å². The predicted molar refractivity (Wildman–Crippen MR) is 149 cm³/mol. The van der Waals surface area contributed by atoms with Crippen LogP contribution >= 0.6 is 0 Å². The lowest BCUT2D eigenvalue weighted by Crippen LogP contribution is -1.84. The molecular weight excluding hydrogens is 384 g/mol. The van der Waals surface area contributed by atoms with Crippen molar-refractivity contribution in [2.45, 2.75) is 155 Å². The third-order valence-corrected chi connectivity index (χ3v) is 6.44. The van der Waals surface area contributed by atoms with Crippen molar-refractivity contribution in [3.8, 4) is 0 Å². The molecule has 0 aromatic carbocycles. The first-order chi connectivity index (χ1) is 15.9. The van der Waals surface area contributed by atoms with Gasteiger partial charge in [-0.25, -0.2) is 0 Å². The molecule has 0 rings (SSSR count). The van der Waals surface area contributed by atoms with Gasteiger partial charge in [0.05, 0.1) is 0 Å². The Labute approximate surface area is 203 Å². The molecule has 0 fully saturated rings. The third-order valence-electron chi connectivity index (χ3n) is 6.44. The Hall–Kier alpha value is -1.04. The topological polar surface area (TPSA) is 0 Å². The van der Waals surface area contributed by atoms with E-state index in [2.05, 4.69) is 37.8 Å². The van der Waals surface area contributed by atoms with Gasteiger partial charge < -0.3 is 0 Å². The lowest BCUT2D eigenvalue weighted by atomic mass is 10.0. The van der Waals surface area contributed by atoms with Gasteiger partial charge in [0.2, 0.25) is 0 Å². The van der Waals surface area contributed by atoms with Crippen LogP contribution in [0.3, 0.4) is 0 Å². The summed E-state index contributed by atoms with van der Waals surface area (Å²) in [6, 6.07) is 0. The summed E-state index contributed by atoms with van der Waals surface area (Å²) in [5.41, 5.74) is 0. The zero-order valence-electron chi connectivity index (χ0n) is 22.0. The molecule has 0 heterocycles. The minimum absolute atomic E-state index is 1.22. The first-order valence-electron chi connectivity index (χ1n) is 14.5. The monoisotopic (exact) mass is 442 g/mol. The Kier molecular flexibility index (Phi) is 29.0. The first-order valence-corrected chi connectivity index (χ1v) is 14.5. The van der Waals surface area contributed by atoms with Crippen LogP contribution in [0.1, 0.15) is 155 Å². The van der Waals surface area contributed by atoms with E-state index in [0.717, 1.165) is 0 Å².